The van der Waals surface area contributed by atoms with Gasteiger partial charge in [0.15, 0.2) is 0 Å². The van der Waals surface area contributed by atoms with Crippen LogP contribution in [0.4, 0.5) is 0 Å². The predicted octanol–water partition coefficient (Wildman–Crippen LogP) is 2.90. The van der Waals surface area contributed by atoms with Gasteiger partial charge in [-0.15, -0.1) is 0 Å². The molecule has 3 aliphatic heterocycles. The lowest BCUT2D eigenvalue weighted by molar-refractivity contribution is -0.117. The fourth-order valence-electron chi connectivity index (χ4n) is 5.03. The average Bonchev–Trinajstić information content (AvgIpc) is 3.19. The summed E-state index contributed by atoms with van der Waals surface area (Å²) in [6.45, 7) is 4.19. The monoisotopic (exact) mass is 434 g/mol. The lowest BCUT2D eigenvalue weighted by Gasteiger charge is -2.39. The Balaban J connectivity index is 1.61. The van der Waals surface area contributed by atoms with Crippen LogP contribution in [0.15, 0.2) is 89.8 Å². The van der Waals surface area contributed by atoms with Gasteiger partial charge in [0.25, 0.3) is 0 Å². The number of rotatable bonds is 3. The van der Waals surface area contributed by atoms with Crippen LogP contribution in [0.2, 0.25) is 0 Å². The number of nitrogens with one attached hydrogen (secondary N) is 2. The molecule has 0 radical (unpaired) electrons. The molecule has 0 aliphatic carbocycles. The summed E-state index contributed by atoms with van der Waals surface area (Å²) in [5, 5.41) is 7.51. The van der Waals surface area contributed by atoms with Crippen LogP contribution in [0, 0.1) is 0 Å². The highest BCUT2D eigenvalue weighted by Crippen LogP contribution is 2.49. The standard InChI is InChI=1S/C26H22N6O/c1-2-21(33)31-20-13-32-24(18-9-5-4-8-17(18)20)22(23-25(27)29-14-30-26(23)32)16-11-15-7-3-6-10-19(15)28-12-16/h2-12,14,20,26H,1,13,27H2,(H,29,30)(H,31,33). The Labute approximate surface area is 191 Å². The number of fused-ring (bicyclic) bond motifs is 6. The third-order valence-electron chi connectivity index (χ3n) is 6.44. The van der Waals surface area contributed by atoms with Crippen molar-refractivity contribution in [3.63, 3.8) is 0 Å². The number of carbonyl (C=O) groups is 1. The normalized spacial score (nSPS) is 20.8. The van der Waals surface area contributed by atoms with Gasteiger partial charge in [0, 0.05) is 40.4 Å². The Bertz CT molecular complexity index is 1420. The number of amides is 1. The minimum atomic E-state index is -0.200. The zero-order chi connectivity index (χ0) is 22.5. The van der Waals surface area contributed by atoms with E-state index in [9.17, 15) is 4.79 Å². The molecule has 7 heteroatoms. The van der Waals surface area contributed by atoms with Crippen LogP contribution in [0.3, 0.4) is 0 Å². The van der Waals surface area contributed by atoms with Gasteiger partial charge in [0.2, 0.25) is 5.91 Å². The first-order chi connectivity index (χ1) is 16.2. The van der Waals surface area contributed by atoms with Crippen LogP contribution < -0.4 is 16.4 Å². The second-order valence-corrected chi connectivity index (χ2v) is 8.27. The molecular formula is C26H22N6O. The van der Waals surface area contributed by atoms with Gasteiger partial charge >= 0.3 is 0 Å². The fraction of sp³-hybridized carbons (Fsp3) is 0.115. The number of hydrogen-bond acceptors (Lipinski definition) is 6. The van der Waals surface area contributed by atoms with Gasteiger partial charge in [-0.1, -0.05) is 49.0 Å². The smallest absolute Gasteiger partial charge is 0.243 e. The van der Waals surface area contributed by atoms with Crippen molar-refractivity contribution in [3.05, 3.63) is 102 Å². The maximum absolute atomic E-state index is 12.2. The van der Waals surface area contributed by atoms with E-state index in [0.717, 1.165) is 44.4 Å². The molecule has 0 spiro atoms. The molecule has 7 nitrogen and oxygen atoms in total. The van der Waals surface area contributed by atoms with Crippen molar-refractivity contribution in [2.45, 2.75) is 12.2 Å². The Morgan fingerprint density at radius 1 is 1.21 bits per heavy atom. The minimum absolute atomic E-state index is 0.185. The molecule has 4 N–H and O–H groups in total. The number of nitrogens with zero attached hydrogens (tertiary/aromatic N) is 3. The fourth-order valence-corrected chi connectivity index (χ4v) is 5.03. The molecule has 33 heavy (non-hydrogen) atoms. The second kappa shape index (κ2) is 7.34. The van der Waals surface area contributed by atoms with Gasteiger partial charge in [0.1, 0.15) is 12.0 Å². The highest BCUT2D eigenvalue weighted by Gasteiger charge is 2.44. The molecule has 1 aromatic heterocycles. The molecule has 0 bridgehead atoms. The molecular weight excluding hydrogens is 412 g/mol. The number of carbonyl (C=O) groups excluding carboxylic acids is 1. The molecule has 2 atom stereocenters. The summed E-state index contributed by atoms with van der Waals surface area (Å²) in [4.78, 5) is 23.5. The van der Waals surface area contributed by atoms with Crippen LogP contribution in [-0.4, -0.2) is 34.8 Å². The van der Waals surface area contributed by atoms with E-state index in [-0.39, 0.29) is 18.1 Å². The molecule has 3 aromatic rings. The topological polar surface area (TPSA) is 95.6 Å². The van der Waals surface area contributed by atoms with Gasteiger partial charge in [-0.25, -0.2) is 4.99 Å². The molecule has 2 aromatic carbocycles. The summed E-state index contributed by atoms with van der Waals surface area (Å²) < 4.78 is 0. The van der Waals surface area contributed by atoms with Gasteiger partial charge in [-0.2, -0.15) is 0 Å². The van der Waals surface area contributed by atoms with Crippen LogP contribution in [0.5, 0.6) is 0 Å². The Morgan fingerprint density at radius 2 is 2.03 bits per heavy atom. The van der Waals surface area contributed by atoms with Crippen LogP contribution in [-0.2, 0) is 4.79 Å². The zero-order valence-corrected chi connectivity index (χ0v) is 17.8. The maximum atomic E-state index is 12.2. The summed E-state index contributed by atoms with van der Waals surface area (Å²) in [6, 6.07) is 18.2. The molecule has 162 valence electrons. The number of pyridine rings is 1. The molecule has 1 amide bonds. The molecule has 6 rings (SSSR count). The molecule has 0 saturated carbocycles. The summed E-state index contributed by atoms with van der Waals surface area (Å²) >= 11 is 0. The lowest BCUT2D eigenvalue weighted by atomic mass is 9.89. The summed E-state index contributed by atoms with van der Waals surface area (Å²) in [5.74, 6) is 0.279. The van der Waals surface area contributed by atoms with Crippen molar-refractivity contribution in [3.8, 4) is 0 Å². The number of para-hydroxylation sites is 1. The average molecular weight is 435 g/mol. The number of benzene rings is 2. The van der Waals surface area contributed by atoms with Gasteiger partial charge in [-0.05, 0) is 23.8 Å². The van der Waals surface area contributed by atoms with Crippen LogP contribution in [0.25, 0.3) is 22.2 Å². The molecule has 2 unspecified atom stereocenters. The van der Waals surface area contributed by atoms with E-state index in [1.165, 1.54) is 6.08 Å². The van der Waals surface area contributed by atoms with E-state index in [2.05, 4.69) is 51.4 Å². The van der Waals surface area contributed by atoms with Crippen molar-refractivity contribution in [1.82, 2.24) is 20.5 Å². The summed E-state index contributed by atoms with van der Waals surface area (Å²) in [6.07, 6.45) is 4.66. The largest absolute Gasteiger partial charge is 0.383 e. The molecule has 0 saturated heterocycles. The lowest BCUT2D eigenvalue weighted by Crippen LogP contribution is -2.49. The first-order valence-electron chi connectivity index (χ1n) is 10.8. The van der Waals surface area contributed by atoms with Crippen molar-refractivity contribution < 1.29 is 4.79 Å². The molecule has 0 fully saturated rings. The second-order valence-electron chi connectivity index (χ2n) is 8.27. The van der Waals surface area contributed by atoms with Gasteiger partial charge < -0.3 is 21.3 Å². The van der Waals surface area contributed by atoms with Gasteiger partial charge in [-0.3, -0.25) is 9.78 Å². The summed E-state index contributed by atoms with van der Waals surface area (Å²) in [5.41, 5.74) is 13.5. The Hall–Kier alpha value is -4.39. The molecule has 3 aliphatic rings. The Kier molecular flexibility index (Phi) is 4.29. The number of aliphatic imine (C=N–C) groups is 1. The van der Waals surface area contributed by atoms with Crippen molar-refractivity contribution in [2.75, 3.05) is 6.54 Å². The van der Waals surface area contributed by atoms with Gasteiger partial charge in [0.05, 0.1) is 23.6 Å². The third-order valence-corrected chi connectivity index (χ3v) is 6.44. The first kappa shape index (κ1) is 19.3. The maximum Gasteiger partial charge on any atom is 0.243 e. The van der Waals surface area contributed by atoms with E-state index in [0.29, 0.717) is 12.4 Å². The molecule has 4 heterocycles. The van der Waals surface area contributed by atoms with Crippen molar-refractivity contribution in [2.24, 2.45) is 10.7 Å². The van der Waals surface area contributed by atoms with E-state index in [1.54, 1.807) is 6.34 Å². The van der Waals surface area contributed by atoms with E-state index in [4.69, 9.17) is 10.7 Å². The number of nitrogens with two attached hydrogens (primary N) is 1. The first-order valence-corrected chi connectivity index (χ1v) is 10.8. The quantitative estimate of drug-likeness (QED) is 0.551. The minimum Gasteiger partial charge on any atom is -0.383 e. The highest BCUT2D eigenvalue weighted by atomic mass is 16.1. The van der Waals surface area contributed by atoms with E-state index < -0.39 is 0 Å². The third kappa shape index (κ3) is 2.93. The van der Waals surface area contributed by atoms with Crippen LogP contribution >= 0.6 is 0 Å². The number of hydrogen-bond donors (Lipinski definition) is 3. The number of aromatic nitrogens is 1. The SMILES string of the molecule is C=CC(=O)NC1CN2C(=C(c3cnc4ccccc4c3)C3=C(N)N=CNC32)c2ccccc21. The van der Waals surface area contributed by atoms with Crippen molar-refractivity contribution in [1.29, 1.82) is 0 Å². The van der Waals surface area contributed by atoms with Crippen molar-refractivity contribution >= 4 is 34.4 Å². The van der Waals surface area contributed by atoms with E-state index in [1.807, 2.05) is 36.5 Å². The van der Waals surface area contributed by atoms with Crippen LogP contribution in [0.1, 0.15) is 22.7 Å². The highest BCUT2D eigenvalue weighted by molar-refractivity contribution is 6.04. The van der Waals surface area contributed by atoms with E-state index >= 15 is 0 Å². The Morgan fingerprint density at radius 3 is 2.91 bits per heavy atom. The zero-order valence-electron chi connectivity index (χ0n) is 17.8. The predicted molar refractivity (Wildman–Crippen MR) is 129 cm³/mol. The summed E-state index contributed by atoms with van der Waals surface area (Å²) in [7, 11) is 0.